The van der Waals surface area contributed by atoms with E-state index in [9.17, 15) is 9.90 Å². The molecule has 2 aromatic rings. The van der Waals surface area contributed by atoms with Gasteiger partial charge in [-0.25, -0.2) is 4.98 Å². The Morgan fingerprint density at radius 3 is 2.88 bits per heavy atom. The molecule has 7 heteroatoms. The van der Waals surface area contributed by atoms with E-state index < -0.39 is 0 Å². The van der Waals surface area contributed by atoms with Gasteiger partial charge in [-0.15, -0.1) is 11.3 Å². The fraction of sp³-hybridized carbons (Fsp3) is 0.412. The third-order valence-electron chi connectivity index (χ3n) is 4.05. The Labute approximate surface area is 150 Å². The number of piperidine rings is 1. The minimum Gasteiger partial charge on any atom is -0.393 e. The molecule has 1 aliphatic heterocycles. The molecule has 2 N–H and O–H groups in total. The van der Waals surface area contributed by atoms with Gasteiger partial charge in [0.2, 0.25) is 5.91 Å². The fourth-order valence-corrected chi connectivity index (χ4v) is 3.77. The van der Waals surface area contributed by atoms with E-state index >= 15 is 0 Å². The lowest BCUT2D eigenvalue weighted by atomic mass is 10.1. The van der Waals surface area contributed by atoms with Gasteiger partial charge in [0.05, 0.1) is 12.6 Å². The number of aliphatic hydroxyl groups is 1. The molecule has 0 saturated carbocycles. The van der Waals surface area contributed by atoms with Gasteiger partial charge in [-0.3, -0.25) is 9.69 Å². The van der Waals surface area contributed by atoms with Crippen molar-refractivity contribution in [1.82, 2.24) is 9.88 Å². The second-order valence-electron chi connectivity index (χ2n) is 5.96. The monoisotopic (exact) mass is 365 g/mol. The largest absolute Gasteiger partial charge is 0.393 e. The van der Waals surface area contributed by atoms with Crippen LogP contribution in [0.25, 0.3) is 0 Å². The number of aromatic nitrogens is 1. The molecule has 0 spiro atoms. The first-order valence-corrected chi connectivity index (χ1v) is 9.18. The summed E-state index contributed by atoms with van der Waals surface area (Å²) in [7, 11) is 0. The molecule has 3 rings (SSSR count). The van der Waals surface area contributed by atoms with Crippen LogP contribution in [0.1, 0.15) is 23.3 Å². The minimum atomic E-state index is -0.226. The number of hydrogen-bond acceptors (Lipinski definition) is 5. The van der Waals surface area contributed by atoms with Crippen LogP contribution < -0.4 is 5.32 Å². The van der Waals surface area contributed by atoms with Crippen molar-refractivity contribution in [1.29, 1.82) is 0 Å². The summed E-state index contributed by atoms with van der Waals surface area (Å²) in [4.78, 5) is 19.5. The van der Waals surface area contributed by atoms with Gasteiger partial charge in [-0.05, 0) is 24.5 Å². The first kappa shape index (κ1) is 17.4. The number of hydrogen-bond donors (Lipinski definition) is 2. The van der Waals surface area contributed by atoms with Gasteiger partial charge in [0, 0.05) is 35.6 Å². The van der Waals surface area contributed by atoms with Crippen molar-refractivity contribution < 1.29 is 9.90 Å². The van der Waals surface area contributed by atoms with Crippen LogP contribution in [0.2, 0.25) is 5.02 Å². The van der Waals surface area contributed by atoms with Crippen molar-refractivity contribution in [3.63, 3.8) is 0 Å². The van der Waals surface area contributed by atoms with Crippen molar-refractivity contribution in [2.75, 3.05) is 25.0 Å². The summed E-state index contributed by atoms with van der Waals surface area (Å²) in [6, 6.07) is 7.73. The maximum Gasteiger partial charge on any atom is 0.240 e. The predicted octanol–water partition coefficient (Wildman–Crippen LogP) is 2.78. The number of amides is 1. The standard InChI is InChI=1S/C17H20ClN3O2S/c18-15-4-2-1-3-12(15)9-14-10-19-17(24-14)20-16(23)11-21-7-5-13(22)6-8-21/h1-4,10,13,22H,5-9,11H2,(H,19,20,23). The molecular weight excluding hydrogens is 346 g/mol. The molecule has 1 aromatic carbocycles. The number of likely N-dealkylation sites (tertiary alicyclic amines) is 1. The van der Waals surface area contributed by atoms with Crippen LogP contribution >= 0.6 is 22.9 Å². The molecule has 0 aliphatic carbocycles. The predicted molar refractivity (Wildman–Crippen MR) is 96.7 cm³/mol. The zero-order valence-electron chi connectivity index (χ0n) is 13.2. The summed E-state index contributed by atoms with van der Waals surface area (Å²) < 4.78 is 0. The van der Waals surface area contributed by atoms with Gasteiger partial charge in [0.25, 0.3) is 0 Å². The lowest BCUT2D eigenvalue weighted by Crippen LogP contribution is -2.40. The normalized spacial score (nSPS) is 16.2. The average molecular weight is 366 g/mol. The molecule has 128 valence electrons. The van der Waals surface area contributed by atoms with Crippen LogP contribution in [0.3, 0.4) is 0 Å². The van der Waals surface area contributed by atoms with Crippen LogP contribution in [0.4, 0.5) is 5.13 Å². The highest BCUT2D eigenvalue weighted by Gasteiger charge is 2.19. The third-order valence-corrected chi connectivity index (χ3v) is 5.33. The van der Waals surface area contributed by atoms with Gasteiger partial charge in [0.1, 0.15) is 0 Å². The minimum absolute atomic E-state index is 0.0648. The number of nitrogens with zero attached hydrogens (tertiary/aromatic N) is 2. The van der Waals surface area contributed by atoms with Crippen LogP contribution in [0.5, 0.6) is 0 Å². The molecule has 0 atom stereocenters. The lowest BCUT2D eigenvalue weighted by molar-refractivity contribution is -0.117. The summed E-state index contributed by atoms with van der Waals surface area (Å²) in [5.41, 5.74) is 1.05. The lowest BCUT2D eigenvalue weighted by Gasteiger charge is -2.28. The molecule has 1 aliphatic rings. The molecule has 1 fully saturated rings. The van der Waals surface area contributed by atoms with E-state index in [0.29, 0.717) is 18.1 Å². The highest BCUT2D eigenvalue weighted by atomic mass is 35.5. The smallest absolute Gasteiger partial charge is 0.240 e. The number of thiazole rings is 1. The first-order chi connectivity index (χ1) is 11.6. The van der Waals surface area contributed by atoms with Gasteiger partial charge in [-0.1, -0.05) is 29.8 Å². The molecule has 1 amide bonds. The van der Waals surface area contributed by atoms with E-state index in [1.54, 1.807) is 6.20 Å². The van der Waals surface area contributed by atoms with E-state index in [-0.39, 0.29) is 12.0 Å². The SMILES string of the molecule is O=C(CN1CCC(O)CC1)Nc1ncc(Cc2ccccc2Cl)s1. The Balaban J connectivity index is 1.52. The van der Waals surface area contributed by atoms with E-state index in [1.807, 2.05) is 24.3 Å². The van der Waals surface area contributed by atoms with Crippen LogP contribution in [-0.2, 0) is 11.2 Å². The zero-order chi connectivity index (χ0) is 16.9. The number of carbonyl (C=O) groups excluding carboxylic acids is 1. The van der Waals surface area contributed by atoms with Crippen molar-refractivity contribution in [3.05, 3.63) is 45.9 Å². The Bertz CT molecular complexity index is 699. The molecule has 0 unspecified atom stereocenters. The topological polar surface area (TPSA) is 65.5 Å². The molecule has 24 heavy (non-hydrogen) atoms. The second kappa shape index (κ2) is 8.07. The number of halogens is 1. The Hall–Kier alpha value is -1.47. The molecule has 2 heterocycles. The van der Waals surface area contributed by atoms with E-state index in [2.05, 4.69) is 15.2 Å². The number of aliphatic hydroxyl groups excluding tert-OH is 1. The Morgan fingerprint density at radius 1 is 1.38 bits per heavy atom. The van der Waals surface area contributed by atoms with Crippen molar-refractivity contribution in [2.24, 2.45) is 0 Å². The van der Waals surface area contributed by atoms with Gasteiger partial charge >= 0.3 is 0 Å². The van der Waals surface area contributed by atoms with Crippen molar-refractivity contribution >= 4 is 34.0 Å². The number of benzene rings is 1. The number of nitrogens with one attached hydrogen (secondary N) is 1. The first-order valence-electron chi connectivity index (χ1n) is 7.98. The summed E-state index contributed by atoms with van der Waals surface area (Å²) in [5.74, 6) is -0.0648. The highest BCUT2D eigenvalue weighted by Crippen LogP contribution is 2.24. The summed E-state index contributed by atoms with van der Waals surface area (Å²) in [6.07, 6.45) is 3.72. The van der Waals surface area contributed by atoms with Gasteiger partial charge in [0.15, 0.2) is 5.13 Å². The summed E-state index contributed by atoms with van der Waals surface area (Å²) in [6.45, 7) is 1.85. The number of carbonyl (C=O) groups is 1. The van der Waals surface area contributed by atoms with Crippen molar-refractivity contribution in [3.8, 4) is 0 Å². The Morgan fingerprint density at radius 2 is 2.12 bits per heavy atom. The Kier molecular flexibility index (Phi) is 5.84. The van der Waals surface area contributed by atoms with E-state index in [4.69, 9.17) is 11.6 Å². The molecule has 1 saturated heterocycles. The molecule has 0 bridgehead atoms. The zero-order valence-corrected chi connectivity index (χ0v) is 14.8. The molecule has 1 aromatic heterocycles. The number of rotatable bonds is 5. The number of anilines is 1. The van der Waals surface area contributed by atoms with E-state index in [1.165, 1.54) is 11.3 Å². The third kappa shape index (κ3) is 4.77. The summed E-state index contributed by atoms with van der Waals surface area (Å²) in [5, 5.41) is 13.7. The van der Waals surface area contributed by atoms with E-state index in [0.717, 1.165) is 41.4 Å². The average Bonchev–Trinajstić information content (AvgIpc) is 2.99. The maximum atomic E-state index is 12.1. The fourth-order valence-electron chi connectivity index (χ4n) is 2.72. The maximum absolute atomic E-state index is 12.1. The van der Waals surface area contributed by atoms with Crippen LogP contribution in [0.15, 0.2) is 30.5 Å². The van der Waals surface area contributed by atoms with Gasteiger partial charge in [-0.2, -0.15) is 0 Å². The second-order valence-corrected chi connectivity index (χ2v) is 7.48. The highest BCUT2D eigenvalue weighted by molar-refractivity contribution is 7.15. The molecule has 5 nitrogen and oxygen atoms in total. The van der Waals surface area contributed by atoms with Crippen molar-refractivity contribution in [2.45, 2.75) is 25.4 Å². The van der Waals surface area contributed by atoms with Crippen LogP contribution in [-0.4, -0.2) is 46.6 Å². The quantitative estimate of drug-likeness (QED) is 0.855. The van der Waals surface area contributed by atoms with Crippen LogP contribution in [0, 0.1) is 0 Å². The summed E-state index contributed by atoms with van der Waals surface area (Å²) >= 11 is 7.64. The molecule has 0 radical (unpaired) electrons. The molecular formula is C17H20ClN3O2S. The van der Waals surface area contributed by atoms with Gasteiger partial charge < -0.3 is 10.4 Å².